The second-order valence-electron chi connectivity index (χ2n) is 7.58. The monoisotopic (exact) mass is 343 g/mol. The Bertz CT molecular complexity index is 586. The van der Waals surface area contributed by atoms with Gasteiger partial charge in [-0.25, -0.2) is 0 Å². The first-order chi connectivity index (χ1) is 11.7. The van der Waals surface area contributed by atoms with Crippen LogP contribution < -0.4 is 0 Å². The fourth-order valence-electron chi connectivity index (χ4n) is 4.27. The third kappa shape index (κ3) is 4.78. The van der Waals surface area contributed by atoms with Crippen LogP contribution in [0.15, 0.2) is 18.2 Å². The highest BCUT2D eigenvalue weighted by atomic mass is 35.5. The molecule has 130 valence electrons. The Labute approximate surface area is 152 Å². The molecular formula is C22H30ClN. The Hall–Kier alpha value is -0.970. The first-order valence-corrected chi connectivity index (χ1v) is 10.1. The van der Waals surface area contributed by atoms with E-state index in [0.717, 1.165) is 23.2 Å². The van der Waals surface area contributed by atoms with Gasteiger partial charge in [0.2, 0.25) is 0 Å². The summed E-state index contributed by atoms with van der Waals surface area (Å²) in [6.45, 7) is 0.854. The Morgan fingerprint density at radius 3 is 2.33 bits per heavy atom. The Morgan fingerprint density at radius 1 is 1.00 bits per heavy atom. The minimum Gasteiger partial charge on any atom is -0.292 e. The quantitative estimate of drug-likeness (QED) is 0.608. The standard InChI is InChI=1S/C22H30ClN/c1-24(20-12-6-3-7-13-20)16-8-9-18-14-15-21(22(23)17-18)19-10-4-2-5-11-19/h14-15,17,19-20H,2-7,10-13,16H2,1H3. The third-order valence-corrected chi connectivity index (χ3v) is 6.13. The first kappa shape index (κ1) is 17.8. The van der Waals surface area contributed by atoms with Crippen molar-refractivity contribution in [3.63, 3.8) is 0 Å². The van der Waals surface area contributed by atoms with E-state index in [2.05, 4.69) is 42.0 Å². The highest BCUT2D eigenvalue weighted by Gasteiger charge is 2.18. The fourth-order valence-corrected chi connectivity index (χ4v) is 4.60. The van der Waals surface area contributed by atoms with Gasteiger partial charge in [-0.15, -0.1) is 0 Å². The van der Waals surface area contributed by atoms with Crippen molar-refractivity contribution in [2.45, 2.75) is 76.2 Å². The van der Waals surface area contributed by atoms with Gasteiger partial charge in [-0.05, 0) is 56.3 Å². The smallest absolute Gasteiger partial charge is 0.0605 e. The lowest BCUT2D eigenvalue weighted by molar-refractivity contribution is 0.212. The van der Waals surface area contributed by atoms with E-state index in [4.69, 9.17) is 11.6 Å². The summed E-state index contributed by atoms with van der Waals surface area (Å²) in [5.41, 5.74) is 2.39. The molecule has 1 nitrogen and oxygen atoms in total. The van der Waals surface area contributed by atoms with Gasteiger partial charge >= 0.3 is 0 Å². The van der Waals surface area contributed by atoms with Crippen molar-refractivity contribution in [2.24, 2.45) is 0 Å². The summed E-state index contributed by atoms with van der Waals surface area (Å²) in [7, 11) is 2.21. The molecule has 0 amide bonds. The second kappa shape index (κ2) is 8.93. The molecule has 2 fully saturated rings. The lowest BCUT2D eigenvalue weighted by Gasteiger charge is -2.29. The van der Waals surface area contributed by atoms with Crippen molar-refractivity contribution in [1.29, 1.82) is 0 Å². The third-order valence-electron chi connectivity index (χ3n) is 5.80. The molecule has 0 bridgehead atoms. The molecule has 0 unspecified atom stereocenters. The van der Waals surface area contributed by atoms with Crippen LogP contribution in [-0.4, -0.2) is 24.5 Å². The van der Waals surface area contributed by atoms with E-state index in [9.17, 15) is 0 Å². The van der Waals surface area contributed by atoms with Crippen molar-refractivity contribution < 1.29 is 0 Å². The highest BCUT2D eigenvalue weighted by molar-refractivity contribution is 6.31. The molecule has 24 heavy (non-hydrogen) atoms. The maximum atomic E-state index is 6.55. The van der Waals surface area contributed by atoms with Crippen molar-refractivity contribution in [3.05, 3.63) is 34.3 Å². The molecule has 1 aromatic rings. The summed E-state index contributed by atoms with van der Waals surface area (Å²) in [4.78, 5) is 2.42. The Kier molecular flexibility index (Phi) is 6.64. The normalized spacial score (nSPS) is 20.0. The van der Waals surface area contributed by atoms with Gasteiger partial charge in [-0.1, -0.05) is 68.0 Å². The van der Waals surface area contributed by atoms with E-state index in [1.807, 2.05) is 0 Å². The molecule has 0 heterocycles. The van der Waals surface area contributed by atoms with Crippen LogP contribution in [0.3, 0.4) is 0 Å². The zero-order valence-corrected chi connectivity index (χ0v) is 15.7. The molecule has 0 saturated heterocycles. The first-order valence-electron chi connectivity index (χ1n) is 9.72. The Morgan fingerprint density at radius 2 is 1.67 bits per heavy atom. The van der Waals surface area contributed by atoms with Crippen LogP contribution in [-0.2, 0) is 0 Å². The summed E-state index contributed by atoms with van der Waals surface area (Å²) in [5, 5.41) is 0.911. The number of halogens is 1. The Balaban J connectivity index is 1.58. The molecule has 1 aromatic carbocycles. The van der Waals surface area contributed by atoms with Crippen LogP contribution in [0, 0.1) is 11.8 Å². The maximum absolute atomic E-state index is 6.55. The zero-order chi connectivity index (χ0) is 16.8. The highest BCUT2D eigenvalue weighted by Crippen LogP contribution is 2.36. The van der Waals surface area contributed by atoms with Gasteiger partial charge in [0.1, 0.15) is 0 Å². The molecule has 3 rings (SSSR count). The van der Waals surface area contributed by atoms with Crippen LogP contribution in [0.25, 0.3) is 0 Å². The molecule has 0 radical (unpaired) electrons. The molecule has 2 heteroatoms. The van der Waals surface area contributed by atoms with Crippen molar-refractivity contribution in [2.75, 3.05) is 13.6 Å². The molecule has 2 aliphatic carbocycles. The molecule has 0 atom stereocenters. The van der Waals surface area contributed by atoms with E-state index in [1.54, 1.807) is 0 Å². The van der Waals surface area contributed by atoms with Crippen LogP contribution in [0.4, 0.5) is 0 Å². The fraction of sp³-hybridized carbons (Fsp3) is 0.636. The van der Waals surface area contributed by atoms with Crippen LogP contribution in [0.5, 0.6) is 0 Å². The molecule has 0 spiro atoms. The molecule has 0 aromatic heterocycles. The number of hydrogen-bond acceptors (Lipinski definition) is 1. The van der Waals surface area contributed by atoms with Gasteiger partial charge in [-0.2, -0.15) is 0 Å². The van der Waals surface area contributed by atoms with E-state index < -0.39 is 0 Å². The average Bonchev–Trinajstić information content (AvgIpc) is 2.63. The summed E-state index contributed by atoms with van der Waals surface area (Å²) in [6, 6.07) is 7.17. The van der Waals surface area contributed by atoms with Gasteiger partial charge in [-0.3, -0.25) is 4.90 Å². The summed E-state index contributed by atoms with van der Waals surface area (Å²) >= 11 is 6.55. The molecule has 2 aliphatic rings. The van der Waals surface area contributed by atoms with Crippen molar-refractivity contribution in [3.8, 4) is 11.8 Å². The molecule has 0 N–H and O–H groups in total. The van der Waals surface area contributed by atoms with Gasteiger partial charge in [0, 0.05) is 16.6 Å². The zero-order valence-electron chi connectivity index (χ0n) is 15.0. The lowest BCUT2D eigenvalue weighted by atomic mass is 9.84. The number of hydrogen-bond donors (Lipinski definition) is 0. The second-order valence-corrected chi connectivity index (χ2v) is 7.99. The topological polar surface area (TPSA) is 3.24 Å². The van der Waals surface area contributed by atoms with Crippen LogP contribution in [0.1, 0.15) is 81.3 Å². The van der Waals surface area contributed by atoms with E-state index >= 15 is 0 Å². The largest absolute Gasteiger partial charge is 0.292 e. The van der Waals surface area contributed by atoms with Gasteiger partial charge < -0.3 is 0 Å². The van der Waals surface area contributed by atoms with E-state index in [-0.39, 0.29) is 0 Å². The van der Waals surface area contributed by atoms with Crippen LogP contribution >= 0.6 is 11.6 Å². The van der Waals surface area contributed by atoms with Gasteiger partial charge in [0.05, 0.1) is 6.54 Å². The van der Waals surface area contributed by atoms with E-state index in [1.165, 1.54) is 69.8 Å². The number of nitrogens with zero attached hydrogens (tertiary/aromatic N) is 1. The lowest BCUT2D eigenvalue weighted by Crippen LogP contribution is -2.33. The molecular weight excluding hydrogens is 314 g/mol. The maximum Gasteiger partial charge on any atom is 0.0605 e. The van der Waals surface area contributed by atoms with Crippen LogP contribution in [0.2, 0.25) is 5.02 Å². The minimum atomic E-state index is 0.658. The predicted molar refractivity (Wildman–Crippen MR) is 104 cm³/mol. The average molecular weight is 344 g/mol. The molecule has 0 aliphatic heterocycles. The summed E-state index contributed by atoms with van der Waals surface area (Å²) in [5.74, 6) is 7.31. The van der Waals surface area contributed by atoms with Gasteiger partial charge in [0.15, 0.2) is 0 Å². The predicted octanol–water partition coefficient (Wildman–Crippen LogP) is 6.00. The summed E-state index contributed by atoms with van der Waals surface area (Å²) < 4.78 is 0. The van der Waals surface area contributed by atoms with Gasteiger partial charge in [0.25, 0.3) is 0 Å². The summed E-state index contributed by atoms with van der Waals surface area (Å²) in [6.07, 6.45) is 13.5. The van der Waals surface area contributed by atoms with E-state index in [0.29, 0.717) is 5.92 Å². The number of rotatable bonds is 3. The van der Waals surface area contributed by atoms with Crippen molar-refractivity contribution in [1.82, 2.24) is 4.90 Å². The SMILES string of the molecule is CN(CC#Cc1ccc(C2CCCCC2)c(Cl)c1)C1CCCCC1. The molecule has 2 saturated carbocycles. The number of benzene rings is 1. The minimum absolute atomic E-state index is 0.658. The van der Waals surface area contributed by atoms with Crippen molar-refractivity contribution >= 4 is 11.6 Å².